The van der Waals surface area contributed by atoms with Crippen LogP contribution in [0, 0.1) is 0 Å². The van der Waals surface area contributed by atoms with Crippen LogP contribution in [-0.4, -0.2) is 34.4 Å². The molecule has 0 saturated heterocycles. The van der Waals surface area contributed by atoms with Crippen LogP contribution in [0.25, 0.3) is 10.9 Å². The first-order valence-electron chi connectivity index (χ1n) is 6.38. The summed E-state index contributed by atoms with van der Waals surface area (Å²) in [4.78, 5) is 23.5. The molecule has 0 radical (unpaired) electrons. The fourth-order valence-corrected chi connectivity index (χ4v) is 1.97. The first-order valence-corrected chi connectivity index (χ1v) is 6.38. The Morgan fingerprint density at radius 2 is 1.90 bits per heavy atom. The van der Waals surface area contributed by atoms with E-state index in [9.17, 15) is 14.7 Å². The van der Waals surface area contributed by atoms with Crippen molar-refractivity contribution >= 4 is 23.0 Å². The molecule has 112 valence electrons. The third-order valence-electron chi connectivity index (χ3n) is 2.83. The van der Waals surface area contributed by atoms with Gasteiger partial charge in [-0.1, -0.05) is 0 Å². The lowest BCUT2D eigenvalue weighted by Gasteiger charge is -2.19. The van der Waals surface area contributed by atoms with Crippen molar-refractivity contribution in [1.82, 2.24) is 4.57 Å². The topological polar surface area (TPSA) is 77.8 Å². The molecule has 6 nitrogen and oxygen atoms in total. The predicted octanol–water partition coefficient (Wildman–Crippen LogP) is 3.13. The van der Waals surface area contributed by atoms with Crippen LogP contribution in [0.4, 0.5) is 4.79 Å². The summed E-state index contributed by atoms with van der Waals surface area (Å²) < 4.78 is 11.6. The Balaban J connectivity index is 2.60. The summed E-state index contributed by atoms with van der Waals surface area (Å²) in [5.41, 5.74) is -0.180. The van der Waals surface area contributed by atoms with E-state index < -0.39 is 17.7 Å². The minimum Gasteiger partial charge on any atom is -0.497 e. The summed E-state index contributed by atoms with van der Waals surface area (Å²) in [5, 5.41) is 9.69. The van der Waals surface area contributed by atoms with Crippen molar-refractivity contribution in [3.05, 3.63) is 30.0 Å². The Morgan fingerprint density at radius 1 is 1.24 bits per heavy atom. The number of aromatic carboxylic acids is 1. The molecule has 0 saturated carbocycles. The molecule has 0 fully saturated rings. The number of carbonyl (C=O) groups is 2. The standard InChI is InChI=1S/C15H17NO5/c1-15(2,3)21-14(19)16-8-11(13(17)18)10-7-9(20-4)5-6-12(10)16/h5-8H,1-4H3,(H,17,18). The summed E-state index contributed by atoms with van der Waals surface area (Å²) in [6, 6.07) is 4.87. The highest BCUT2D eigenvalue weighted by Gasteiger charge is 2.22. The van der Waals surface area contributed by atoms with E-state index in [1.807, 2.05) is 0 Å². The summed E-state index contributed by atoms with van der Waals surface area (Å²) in [6.45, 7) is 5.24. The van der Waals surface area contributed by atoms with Gasteiger partial charge in [-0.05, 0) is 39.0 Å². The van der Waals surface area contributed by atoms with E-state index in [1.54, 1.807) is 39.0 Å². The van der Waals surface area contributed by atoms with E-state index in [-0.39, 0.29) is 5.56 Å². The molecule has 2 rings (SSSR count). The zero-order valence-electron chi connectivity index (χ0n) is 12.3. The van der Waals surface area contributed by atoms with Gasteiger partial charge in [0.15, 0.2) is 0 Å². The number of aromatic nitrogens is 1. The maximum absolute atomic E-state index is 12.2. The Bertz CT molecular complexity index is 709. The van der Waals surface area contributed by atoms with Gasteiger partial charge in [0.1, 0.15) is 11.4 Å². The second kappa shape index (κ2) is 5.12. The fraction of sp³-hybridized carbons (Fsp3) is 0.333. The van der Waals surface area contributed by atoms with Crippen molar-refractivity contribution in [2.24, 2.45) is 0 Å². The van der Waals surface area contributed by atoms with Crippen LogP contribution >= 0.6 is 0 Å². The minimum atomic E-state index is -1.12. The van der Waals surface area contributed by atoms with Crippen molar-refractivity contribution in [2.45, 2.75) is 26.4 Å². The molecule has 0 amide bonds. The normalized spacial score (nSPS) is 11.4. The minimum absolute atomic E-state index is 0.0229. The van der Waals surface area contributed by atoms with E-state index >= 15 is 0 Å². The Labute approximate surface area is 121 Å². The lowest BCUT2D eigenvalue weighted by Crippen LogP contribution is -2.26. The molecule has 1 aromatic heterocycles. The second-order valence-corrected chi connectivity index (χ2v) is 5.58. The Kier molecular flexibility index (Phi) is 3.63. The highest BCUT2D eigenvalue weighted by atomic mass is 16.6. The number of benzene rings is 1. The summed E-state index contributed by atoms with van der Waals surface area (Å²) in [6.07, 6.45) is 0.644. The number of fused-ring (bicyclic) bond motifs is 1. The molecule has 0 atom stereocenters. The first kappa shape index (κ1) is 14.9. The molecular weight excluding hydrogens is 274 g/mol. The van der Waals surface area contributed by atoms with Gasteiger partial charge in [-0.2, -0.15) is 0 Å². The quantitative estimate of drug-likeness (QED) is 0.919. The van der Waals surface area contributed by atoms with Gasteiger partial charge in [0, 0.05) is 11.6 Å². The molecule has 0 spiro atoms. The van der Waals surface area contributed by atoms with Gasteiger partial charge < -0.3 is 14.6 Å². The third-order valence-corrected chi connectivity index (χ3v) is 2.83. The van der Waals surface area contributed by atoms with Gasteiger partial charge in [0.05, 0.1) is 18.2 Å². The number of methoxy groups -OCH3 is 1. The van der Waals surface area contributed by atoms with Crippen molar-refractivity contribution in [2.75, 3.05) is 7.11 Å². The number of carboxylic acid groups (broad SMARTS) is 1. The zero-order valence-corrected chi connectivity index (χ0v) is 12.3. The fourth-order valence-electron chi connectivity index (χ4n) is 1.97. The van der Waals surface area contributed by atoms with Gasteiger partial charge in [-0.25, -0.2) is 9.59 Å². The van der Waals surface area contributed by atoms with Crippen LogP contribution in [0.1, 0.15) is 31.1 Å². The molecule has 2 aromatic rings. The summed E-state index contributed by atoms with van der Waals surface area (Å²) in [5.74, 6) is -0.595. The molecule has 6 heteroatoms. The first-order chi connectivity index (χ1) is 9.73. The van der Waals surface area contributed by atoms with E-state index in [2.05, 4.69) is 0 Å². The molecule has 1 N–H and O–H groups in total. The summed E-state index contributed by atoms with van der Waals surface area (Å²) >= 11 is 0. The number of ether oxygens (including phenoxy) is 2. The number of nitrogens with zero attached hydrogens (tertiary/aromatic N) is 1. The molecule has 0 bridgehead atoms. The van der Waals surface area contributed by atoms with Crippen LogP contribution in [0.15, 0.2) is 24.4 Å². The number of hydrogen-bond donors (Lipinski definition) is 1. The second-order valence-electron chi connectivity index (χ2n) is 5.58. The molecule has 0 aliphatic rings. The van der Waals surface area contributed by atoms with Gasteiger partial charge >= 0.3 is 12.1 Å². The smallest absolute Gasteiger partial charge is 0.419 e. The highest BCUT2D eigenvalue weighted by molar-refractivity contribution is 6.06. The SMILES string of the molecule is COc1ccc2c(c1)c(C(=O)O)cn2C(=O)OC(C)(C)C. The maximum atomic E-state index is 12.2. The van der Waals surface area contributed by atoms with Crippen LogP contribution in [0.3, 0.4) is 0 Å². The molecule has 1 aromatic carbocycles. The number of hydrogen-bond acceptors (Lipinski definition) is 4. The number of carboxylic acids is 1. The van der Waals surface area contributed by atoms with Crippen LogP contribution in [0.5, 0.6) is 5.75 Å². The lowest BCUT2D eigenvalue weighted by molar-refractivity contribution is 0.0544. The summed E-state index contributed by atoms with van der Waals surface area (Å²) in [7, 11) is 1.49. The lowest BCUT2D eigenvalue weighted by atomic mass is 10.1. The number of rotatable bonds is 2. The van der Waals surface area contributed by atoms with Gasteiger partial charge in [0.25, 0.3) is 0 Å². The van der Waals surface area contributed by atoms with Gasteiger partial charge in [-0.3, -0.25) is 4.57 Å². The van der Waals surface area contributed by atoms with E-state index in [0.717, 1.165) is 0 Å². The van der Waals surface area contributed by atoms with Crippen molar-refractivity contribution in [1.29, 1.82) is 0 Å². The highest BCUT2D eigenvalue weighted by Crippen LogP contribution is 2.27. The van der Waals surface area contributed by atoms with E-state index in [1.165, 1.54) is 17.9 Å². The van der Waals surface area contributed by atoms with Crippen molar-refractivity contribution in [3.63, 3.8) is 0 Å². The average Bonchev–Trinajstić information content (AvgIpc) is 2.75. The monoisotopic (exact) mass is 291 g/mol. The van der Waals surface area contributed by atoms with E-state index in [0.29, 0.717) is 16.7 Å². The molecule has 0 aliphatic heterocycles. The number of carbonyl (C=O) groups excluding carboxylic acids is 1. The van der Waals surface area contributed by atoms with Crippen molar-refractivity contribution in [3.8, 4) is 5.75 Å². The molecule has 21 heavy (non-hydrogen) atoms. The zero-order chi connectivity index (χ0) is 15.8. The van der Waals surface area contributed by atoms with E-state index in [4.69, 9.17) is 9.47 Å². The largest absolute Gasteiger partial charge is 0.497 e. The third kappa shape index (κ3) is 2.99. The van der Waals surface area contributed by atoms with Gasteiger partial charge in [0.2, 0.25) is 0 Å². The van der Waals surface area contributed by atoms with Crippen LogP contribution in [-0.2, 0) is 4.74 Å². The van der Waals surface area contributed by atoms with Gasteiger partial charge in [-0.15, -0.1) is 0 Å². The average molecular weight is 291 g/mol. The van der Waals surface area contributed by atoms with Crippen LogP contribution in [0.2, 0.25) is 0 Å². The van der Waals surface area contributed by atoms with Crippen molar-refractivity contribution < 1.29 is 24.2 Å². The predicted molar refractivity (Wildman–Crippen MR) is 77.1 cm³/mol. The molecule has 0 aliphatic carbocycles. The maximum Gasteiger partial charge on any atom is 0.419 e. The Hall–Kier alpha value is -2.50. The van der Waals surface area contributed by atoms with Crippen LogP contribution < -0.4 is 4.74 Å². The molecule has 1 heterocycles. The molecule has 0 unspecified atom stereocenters. The molecular formula is C15H17NO5. The Morgan fingerprint density at radius 3 is 2.43 bits per heavy atom.